The van der Waals surface area contributed by atoms with E-state index in [1.807, 2.05) is 0 Å². The highest BCUT2D eigenvalue weighted by Crippen LogP contribution is 2.53. The third-order valence-electron chi connectivity index (χ3n) is 11.7. The summed E-state index contributed by atoms with van der Waals surface area (Å²) in [7, 11) is 0. The molecule has 0 radical (unpaired) electrons. The molecule has 0 aromatic heterocycles. The SMILES string of the molecule is CCC/C=C(\C)N(c1ccc2c(c1)C(C)(C)c1cc(/C=C/C3=CCCC=C3)ccc1-2)c1ccc2c(c1)C(C)(C)c1cc(/C=C/c3ccccc3)ccc1-2. The first-order valence-corrected chi connectivity index (χ1v) is 19.5. The van der Waals surface area contributed by atoms with E-state index < -0.39 is 0 Å². The lowest BCUT2D eigenvalue weighted by atomic mass is 9.81. The second kappa shape index (κ2) is 13.9. The van der Waals surface area contributed by atoms with E-state index in [9.17, 15) is 0 Å². The Balaban J connectivity index is 1.14. The number of benzene rings is 5. The van der Waals surface area contributed by atoms with Crippen molar-refractivity contribution in [3.05, 3.63) is 184 Å². The van der Waals surface area contributed by atoms with Gasteiger partial charge in [0.05, 0.1) is 0 Å². The Morgan fingerprint density at radius 1 is 0.585 bits per heavy atom. The van der Waals surface area contributed by atoms with Crippen LogP contribution in [0.25, 0.3) is 40.5 Å². The largest absolute Gasteiger partial charge is 0.315 e. The number of hydrogen-bond acceptors (Lipinski definition) is 1. The molecular weight excluding hydrogens is 639 g/mol. The minimum Gasteiger partial charge on any atom is -0.315 e. The number of allylic oxidation sites excluding steroid dienone is 7. The van der Waals surface area contributed by atoms with Gasteiger partial charge < -0.3 is 4.90 Å². The summed E-state index contributed by atoms with van der Waals surface area (Å²) in [5.74, 6) is 0. The molecule has 8 rings (SSSR count). The zero-order valence-corrected chi connectivity index (χ0v) is 32.2. The monoisotopic (exact) mass is 689 g/mol. The van der Waals surface area contributed by atoms with Crippen LogP contribution in [0.2, 0.25) is 0 Å². The lowest BCUT2D eigenvalue weighted by molar-refractivity contribution is 0.659. The highest BCUT2D eigenvalue weighted by molar-refractivity contribution is 5.87. The molecule has 0 fully saturated rings. The second-order valence-electron chi connectivity index (χ2n) is 16.1. The first kappa shape index (κ1) is 34.7. The van der Waals surface area contributed by atoms with Crippen LogP contribution in [0, 0.1) is 0 Å². The van der Waals surface area contributed by atoms with Crippen molar-refractivity contribution in [1.82, 2.24) is 0 Å². The van der Waals surface area contributed by atoms with Gasteiger partial charge in [-0.25, -0.2) is 0 Å². The van der Waals surface area contributed by atoms with Gasteiger partial charge in [-0.3, -0.25) is 0 Å². The number of nitrogens with zero attached hydrogens (tertiary/aromatic N) is 1. The molecule has 0 amide bonds. The number of rotatable bonds is 9. The molecule has 1 nitrogen and oxygen atoms in total. The summed E-state index contributed by atoms with van der Waals surface area (Å²) in [5, 5.41) is 0. The van der Waals surface area contributed by atoms with Crippen LogP contribution >= 0.6 is 0 Å². The lowest BCUT2D eigenvalue weighted by Crippen LogP contribution is -2.19. The maximum atomic E-state index is 2.49. The molecule has 1 heteroatoms. The Labute approximate surface area is 317 Å². The van der Waals surface area contributed by atoms with E-state index >= 15 is 0 Å². The van der Waals surface area contributed by atoms with Crippen LogP contribution in [-0.4, -0.2) is 0 Å². The third-order valence-corrected chi connectivity index (χ3v) is 11.7. The minimum atomic E-state index is -0.123. The Morgan fingerprint density at radius 3 is 1.62 bits per heavy atom. The number of anilines is 2. The number of unbranched alkanes of at least 4 members (excludes halogenated alkanes) is 1. The van der Waals surface area contributed by atoms with Crippen molar-refractivity contribution in [2.45, 2.75) is 78.1 Å². The molecule has 5 aromatic rings. The molecule has 0 heterocycles. The maximum Gasteiger partial charge on any atom is 0.0461 e. The van der Waals surface area contributed by atoms with Gasteiger partial charge >= 0.3 is 0 Å². The summed E-state index contributed by atoms with van der Waals surface area (Å²) in [6, 6.07) is 38.9. The maximum absolute atomic E-state index is 2.49. The third kappa shape index (κ3) is 6.37. The molecule has 0 saturated carbocycles. The molecule has 3 aliphatic carbocycles. The Bertz CT molecular complexity index is 2350. The number of hydrogen-bond donors (Lipinski definition) is 0. The predicted molar refractivity (Wildman–Crippen MR) is 230 cm³/mol. The van der Waals surface area contributed by atoms with E-state index in [4.69, 9.17) is 0 Å². The topological polar surface area (TPSA) is 3.24 Å². The Hall–Kier alpha value is -5.40. The van der Waals surface area contributed by atoms with Crippen molar-refractivity contribution in [1.29, 1.82) is 0 Å². The van der Waals surface area contributed by atoms with Crippen LogP contribution in [0.15, 0.2) is 145 Å². The van der Waals surface area contributed by atoms with Crippen LogP contribution in [0.1, 0.15) is 106 Å². The summed E-state index contributed by atoms with van der Waals surface area (Å²) in [4.78, 5) is 2.49. The summed E-state index contributed by atoms with van der Waals surface area (Å²) in [6.45, 7) is 14.1. The van der Waals surface area contributed by atoms with Gasteiger partial charge in [0.2, 0.25) is 0 Å². The molecule has 0 spiro atoms. The molecule has 0 N–H and O–H groups in total. The van der Waals surface area contributed by atoms with E-state index in [0.29, 0.717) is 0 Å². The van der Waals surface area contributed by atoms with Gasteiger partial charge in [-0.05, 0) is 117 Å². The second-order valence-corrected chi connectivity index (χ2v) is 16.1. The molecule has 264 valence electrons. The van der Waals surface area contributed by atoms with Crippen molar-refractivity contribution in [2.24, 2.45) is 0 Å². The van der Waals surface area contributed by atoms with Gasteiger partial charge in [-0.2, -0.15) is 0 Å². The predicted octanol–water partition coefficient (Wildman–Crippen LogP) is 14.6. The molecule has 0 aliphatic heterocycles. The fraction of sp³-hybridized carbons (Fsp3) is 0.231. The molecule has 0 bridgehead atoms. The van der Waals surface area contributed by atoms with Gasteiger partial charge in [-0.1, -0.05) is 169 Å². The summed E-state index contributed by atoms with van der Waals surface area (Å²) in [6.07, 6.45) is 22.6. The van der Waals surface area contributed by atoms with Crippen LogP contribution < -0.4 is 4.90 Å². The highest BCUT2D eigenvalue weighted by atomic mass is 15.1. The van der Waals surface area contributed by atoms with Crippen molar-refractivity contribution in [3.8, 4) is 22.3 Å². The zero-order chi connectivity index (χ0) is 36.7. The van der Waals surface area contributed by atoms with E-state index in [0.717, 1.165) is 25.7 Å². The van der Waals surface area contributed by atoms with Crippen molar-refractivity contribution < 1.29 is 0 Å². The lowest BCUT2D eigenvalue weighted by Gasteiger charge is -2.30. The zero-order valence-electron chi connectivity index (χ0n) is 32.2. The molecule has 0 atom stereocenters. The van der Waals surface area contributed by atoms with Crippen LogP contribution in [0.3, 0.4) is 0 Å². The van der Waals surface area contributed by atoms with Gasteiger partial charge in [0.1, 0.15) is 0 Å². The summed E-state index contributed by atoms with van der Waals surface area (Å²) < 4.78 is 0. The molecule has 53 heavy (non-hydrogen) atoms. The average Bonchev–Trinajstić information content (AvgIpc) is 3.54. The van der Waals surface area contributed by atoms with E-state index in [-0.39, 0.29) is 10.8 Å². The van der Waals surface area contributed by atoms with Crippen molar-refractivity contribution >= 4 is 29.6 Å². The summed E-state index contributed by atoms with van der Waals surface area (Å²) >= 11 is 0. The first-order valence-electron chi connectivity index (χ1n) is 19.5. The molecular formula is C52H51N. The molecule has 0 saturated heterocycles. The van der Waals surface area contributed by atoms with E-state index in [2.05, 4.69) is 198 Å². The first-order chi connectivity index (χ1) is 25.6. The fourth-order valence-corrected chi connectivity index (χ4v) is 8.68. The Kier molecular flexibility index (Phi) is 9.07. The van der Waals surface area contributed by atoms with Crippen LogP contribution in [-0.2, 0) is 10.8 Å². The fourth-order valence-electron chi connectivity index (χ4n) is 8.68. The minimum absolute atomic E-state index is 0.116. The molecule has 3 aliphatic rings. The summed E-state index contributed by atoms with van der Waals surface area (Å²) in [5.41, 5.74) is 19.4. The Morgan fingerprint density at radius 2 is 1.09 bits per heavy atom. The van der Waals surface area contributed by atoms with Gasteiger partial charge in [-0.15, -0.1) is 0 Å². The molecule has 0 unspecified atom stereocenters. The van der Waals surface area contributed by atoms with Gasteiger partial charge in [0.15, 0.2) is 0 Å². The van der Waals surface area contributed by atoms with Crippen molar-refractivity contribution in [3.63, 3.8) is 0 Å². The van der Waals surface area contributed by atoms with Crippen molar-refractivity contribution in [2.75, 3.05) is 4.90 Å². The molecule has 5 aromatic carbocycles. The normalized spacial score (nSPS) is 16.4. The standard InChI is InChI=1S/C52H51N/c1-7-8-15-36(2)53(41-26-30-45-43-28-24-39(22-20-37-16-11-9-12-17-37)32-47(43)51(3,4)49(45)34-41)42-27-31-46-44-29-25-40(23-21-38-18-13-10-14-19-38)33-48(44)52(5,6)50(46)35-42/h9,11-13,15-35H,7-8,10,14H2,1-6H3/b22-20+,23-21+,36-15+. The number of fused-ring (bicyclic) bond motifs is 6. The van der Waals surface area contributed by atoms with Crippen LogP contribution in [0.5, 0.6) is 0 Å². The van der Waals surface area contributed by atoms with Gasteiger partial charge in [0, 0.05) is 27.9 Å². The highest BCUT2D eigenvalue weighted by Gasteiger charge is 2.38. The average molecular weight is 690 g/mol. The van der Waals surface area contributed by atoms with Gasteiger partial charge in [0.25, 0.3) is 0 Å². The van der Waals surface area contributed by atoms with Crippen LogP contribution in [0.4, 0.5) is 11.4 Å². The smallest absolute Gasteiger partial charge is 0.0461 e. The quantitative estimate of drug-likeness (QED) is 0.139. The van der Waals surface area contributed by atoms with E-state index in [1.165, 1.54) is 83.8 Å². The van der Waals surface area contributed by atoms with E-state index in [1.54, 1.807) is 0 Å².